The third kappa shape index (κ3) is 7.59. The number of carbonyl (C=O) groups is 2. The third-order valence-electron chi connectivity index (χ3n) is 6.99. The molecule has 2 N–H and O–H groups in total. The van der Waals surface area contributed by atoms with Gasteiger partial charge in [0.2, 0.25) is 0 Å². The van der Waals surface area contributed by atoms with Crippen LogP contribution < -0.4 is 0 Å². The molecule has 2 rings (SSSR count). The van der Waals surface area contributed by atoms with Crippen molar-refractivity contribution in [3.8, 4) is 0 Å². The summed E-state index contributed by atoms with van der Waals surface area (Å²) in [5, 5.41) is 24.5. The quantitative estimate of drug-likeness (QED) is 0.440. The molecule has 0 amide bonds. The first-order valence-corrected chi connectivity index (χ1v) is 13.1. The number of nitrogens with zero attached hydrogens (tertiary/aromatic N) is 1. The number of thiazole rings is 1. The summed E-state index contributed by atoms with van der Waals surface area (Å²) in [5.74, 6) is -1.33. The van der Waals surface area contributed by atoms with Crippen molar-refractivity contribution in [2.24, 2.45) is 23.2 Å². The molecule has 0 saturated heterocycles. The molecule has 0 aliphatic carbocycles. The van der Waals surface area contributed by atoms with Crippen LogP contribution in [-0.4, -0.2) is 45.3 Å². The van der Waals surface area contributed by atoms with Crippen molar-refractivity contribution < 1.29 is 24.5 Å². The highest BCUT2D eigenvalue weighted by molar-refractivity contribution is 7.09. The Kier molecular flexibility index (Phi) is 10.2. The molecule has 6 nitrogen and oxygen atoms in total. The molecule has 0 radical (unpaired) electrons. The van der Waals surface area contributed by atoms with Gasteiger partial charge in [-0.3, -0.25) is 9.59 Å². The van der Waals surface area contributed by atoms with Gasteiger partial charge in [0.25, 0.3) is 0 Å². The molecule has 0 aromatic carbocycles. The van der Waals surface area contributed by atoms with Crippen LogP contribution in [0.5, 0.6) is 0 Å². The highest BCUT2D eigenvalue weighted by Crippen LogP contribution is 2.32. The van der Waals surface area contributed by atoms with Crippen LogP contribution in [0.1, 0.15) is 77.9 Å². The Morgan fingerprint density at radius 1 is 1.21 bits per heavy atom. The van der Waals surface area contributed by atoms with Crippen LogP contribution in [0.2, 0.25) is 0 Å². The normalized spacial score (nSPS) is 33.4. The second-order valence-electron chi connectivity index (χ2n) is 10.4. The van der Waals surface area contributed by atoms with Gasteiger partial charge in [0.05, 0.1) is 34.7 Å². The van der Waals surface area contributed by atoms with Crippen molar-refractivity contribution in [2.75, 3.05) is 0 Å². The lowest BCUT2D eigenvalue weighted by atomic mass is 9.73. The van der Waals surface area contributed by atoms with Gasteiger partial charge in [0.1, 0.15) is 11.9 Å². The fraction of sp³-hybridized carbons (Fsp3) is 0.667. The van der Waals surface area contributed by atoms with Crippen molar-refractivity contribution in [3.05, 3.63) is 33.8 Å². The number of esters is 1. The highest BCUT2D eigenvalue weighted by Gasteiger charge is 2.42. The van der Waals surface area contributed by atoms with E-state index >= 15 is 0 Å². The van der Waals surface area contributed by atoms with Gasteiger partial charge < -0.3 is 14.9 Å². The summed E-state index contributed by atoms with van der Waals surface area (Å²) in [5.41, 5.74) is 0.539. The van der Waals surface area contributed by atoms with E-state index in [0.29, 0.717) is 12.3 Å². The summed E-state index contributed by atoms with van der Waals surface area (Å²) in [6.07, 6.45) is 5.51. The summed E-state index contributed by atoms with van der Waals surface area (Å²) in [6, 6.07) is 0. The fourth-order valence-electron chi connectivity index (χ4n) is 4.33. The molecule has 1 aliphatic rings. The van der Waals surface area contributed by atoms with Gasteiger partial charge in [-0.2, -0.15) is 0 Å². The topological polar surface area (TPSA) is 96.7 Å². The standard InChI is InChI=1S/C27H41NO5S/c1-16-9-8-10-17(2)25(31)19(4)26(32)27(6,7)23(29)14-24(30)33-22(12-11-16)18(3)13-21-15-34-20(5)28-21/h8,10,13,15-17,19,22-23,25,29,31H,9,11-12,14H2,1-7H3/b10-8+,18-13+/t16?,17-,19+,22-,23-,25-/m0/s1. The van der Waals surface area contributed by atoms with Crippen LogP contribution in [0.15, 0.2) is 23.1 Å². The number of aliphatic hydroxyl groups is 2. The molecule has 1 unspecified atom stereocenters. The first-order valence-electron chi connectivity index (χ1n) is 12.2. The third-order valence-corrected chi connectivity index (χ3v) is 7.78. The van der Waals surface area contributed by atoms with Crippen LogP contribution in [0.25, 0.3) is 6.08 Å². The number of aryl methyl sites for hydroxylation is 1. The second-order valence-corrected chi connectivity index (χ2v) is 11.5. The van der Waals surface area contributed by atoms with E-state index in [2.05, 4.69) is 18.0 Å². The molecule has 0 bridgehead atoms. The average molecular weight is 492 g/mol. The molecule has 7 heteroatoms. The molecule has 6 atom stereocenters. The first-order chi connectivity index (χ1) is 15.8. The minimum absolute atomic E-state index is 0.198. The molecule has 0 saturated carbocycles. The van der Waals surface area contributed by atoms with E-state index in [1.807, 2.05) is 38.3 Å². The van der Waals surface area contributed by atoms with Crippen molar-refractivity contribution >= 4 is 29.2 Å². The second kappa shape index (κ2) is 12.2. The lowest BCUT2D eigenvalue weighted by Crippen LogP contribution is -2.45. The Labute approximate surface area is 208 Å². The number of Topliss-reactive ketones (excluding diaryl/α,β-unsaturated/α-hetero) is 1. The van der Waals surface area contributed by atoms with Gasteiger partial charge in [-0.05, 0) is 50.7 Å². The molecule has 2 heterocycles. The zero-order chi connectivity index (χ0) is 25.6. The van der Waals surface area contributed by atoms with Gasteiger partial charge in [-0.1, -0.05) is 46.8 Å². The largest absolute Gasteiger partial charge is 0.458 e. The lowest BCUT2D eigenvalue weighted by Gasteiger charge is -2.34. The number of hydrogen-bond donors (Lipinski definition) is 2. The average Bonchev–Trinajstić information content (AvgIpc) is 3.18. The lowest BCUT2D eigenvalue weighted by molar-refractivity contribution is -0.154. The molecule has 0 spiro atoms. The number of hydrogen-bond acceptors (Lipinski definition) is 7. The number of cyclic esters (lactones) is 1. The number of allylic oxidation sites excluding steroid dienone is 1. The van der Waals surface area contributed by atoms with E-state index < -0.39 is 35.6 Å². The van der Waals surface area contributed by atoms with Gasteiger partial charge in [0, 0.05) is 17.2 Å². The van der Waals surface area contributed by atoms with Gasteiger partial charge >= 0.3 is 5.97 Å². The number of aliphatic hydroxyl groups excluding tert-OH is 2. The number of aromatic nitrogens is 1. The summed E-state index contributed by atoms with van der Waals surface area (Å²) in [4.78, 5) is 30.5. The maximum Gasteiger partial charge on any atom is 0.309 e. The minimum atomic E-state index is -1.22. The Balaban J connectivity index is 2.32. The molecular weight excluding hydrogens is 450 g/mol. The number of rotatable bonds is 2. The van der Waals surface area contributed by atoms with Crippen LogP contribution in [0, 0.1) is 30.1 Å². The SMILES string of the molecule is C/C(=C\c1csc(C)n1)[C@@H]1CCC(C)C/C=C/[C@H](C)[C@H](O)[C@@H](C)C(=O)C(C)(C)[C@@H](O)CC(=O)O1. The maximum absolute atomic E-state index is 13.2. The fourth-order valence-corrected chi connectivity index (χ4v) is 4.90. The molecule has 1 aromatic rings. The summed E-state index contributed by atoms with van der Waals surface area (Å²) in [6.45, 7) is 12.8. The molecule has 1 aromatic heterocycles. The van der Waals surface area contributed by atoms with E-state index in [-0.39, 0.29) is 18.1 Å². The monoisotopic (exact) mass is 491 g/mol. The Morgan fingerprint density at radius 3 is 2.50 bits per heavy atom. The molecular formula is C27H41NO5S. The summed E-state index contributed by atoms with van der Waals surface area (Å²) >= 11 is 1.57. The van der Waals surface area contributed by atoms with E-state index in [4.69, 9.17) is 4.74 Å². The van der Waals surface area contributed by atoms with Crippen molar-refractivity contribution in [1.82, 2.24) is 4.98 Å². The Morgan fingerprint density at radius 2 is 1.88 bits per heavy atom. The zero-order valence-corrected chi connectivity index (χ0v) is 22.4. The zero-order valence-electron chi connectivity index (χ0n) is 21.6. The maximum atomic E-state index is 13.2. The van der Waals surface area contributed by atoms with Gasteiger partial charge in [-0.15, -0.1) is 11.3 Å². The van der Waals surface area contributed by atoms with Crippen LogP contribution in [0.3, 0.4) is 0 Å². The molecule has 190 valence electrons. The summed E-state index contributed by atoms with van der Waals surface area (Å²) < 4.78 is 5.83. The first kappa shape index (κ1) is 28.4. The summed E-state index contributed by atoms with van der Waals surface area (Å²) in [7, 11) is 0. The van der Waals surface area contributed by atoms with E-state index in [1.165, 1.54) is 0 Å². The van der Waals surface area contributed by atoms with E-state index in [1.54, 1.807) is 32.1 Å². The Hall–Kier alpha value is -1.83. The number of ether oxygens (including phenoxy) is 1. The van der Waals surface area contributed by atoms with E-state index in [0.717, 1.165) is 29.1 Å². The van der Waals surface area contributed by atoms with E-state index in [9.17, 15) is 19.8 Å². The number of carbonyl (C=O) groups excluding carboxylic acids is 2. The van der Waals surface area contributed by atoms with Crippen molar-refractivity contribution in [2.45, 2.75) is 92.5 Å². The molecule has 1 aliphatic heterocycles. The van der Waals surface area contributed by atoms with Crippen molar-refractivity contribution in [3.63, 3.8) is 0 Å². The van der Waals surface area contributed by atoms with Gasteiger partial charge in [0.15, 0.2) is 0 Å². The van der Waals surface area contributed by atoms with Crippen LogP contribution in [-0.2, 0) is 14.3 Å². The highest BCUT2D eigenvalue weighted by atomic mass is 32.1. The predicted molar refractivity (Wildman–Crippen MR) is 136 cm³/mol. The number of ketones is 1. The van der Waals surface area contributed by atoms with Gasteiger partial charge in [-0.25, -0.2) is 4.98 Å². The molecule has 0 fully saturated rings. The Bertz CT molecular complexity index is 903. The smallest absolute Gasteiger partial charge is 0.309 e. The van der Waals surface area contributed by atoms with Crippen LogP contribution >= 0.6 is 11.3 Å². The molecule has 34 heavy (non-hydrogen) atoms. The van der Waals surface area contributed by atoms with Crippen LogP contribution in [0.4, 0.5) is 0 Å². The minimum Gasteiger partial charge on any atom is -0.458 e. The van der Waals surface area contributed by atoms with Crippen molar-refractivity contribution in [1.29, 1.82) is 0 Å². The predicted octanol–water partition coefficient (Wildman–Crippen LogP) is 5.12.